The van der Waals surface area contributed by atoms with Gasteiger partial charge in [0, 0.05) is 60.2 Å². The first-order valence-electron chi connectivity index (χ1n) is 9.39. The van der Waals surface area contributed by atoms with Crippen molar-refractivity contribution in [1.29, 1.82) is 0 Å². The molecular weight excluding hydrogens is 376 g/mol. The SMILES string of the molecule is Cc1cc(NCCNc2ccnc3cc(Cl)ccc23)nc(N2CCOCC2)n1. The molecule has 0 unspecified atom stereocenters. The van der Waals surface area contributed by atoms with Crippen molar-refractivity contribution < 1.29 is 4.74 Å². The van der Waals surface area contributed by atoms with Crippen LogP contribution >= 0.6 is 11.6 Å². The van der Waals surface area contributed by atoms with Gasteiger partial charge in [0.05, 0.1) is 18.7 Å². The molecule has 28 heavy (non-hydrogen) atoms. The van der Waals surface area contributed by atoms with Crippen molar-refractivity contribution in [3.8, 4) is 0 Å². The standard InChI is InChI=1S/C20H23ClN6O/c1-14-12-19(26-20(25-14)27-8-10-28-11-9-27)24-7-6-23-17-4-5-22-18-13-15(21)2-3-16(17)18/h2-5,12-13H,6-11H2,1H3,(H,22,23)(H,24,25,26). The lowest BCUT2D eigenvalue weighted by molar-refractivity contribution is 0.122. The number of pyridine rings is 1. The van der Waals surface area contributed by atoms with E-state index in [1.54, 1.807) is 6.20 Å². The van der Waals surface area contributed by atoms with Gasteiger partial charge in [-0.3, -0.25) is 4.98 Å². The first kappa shape index (κ1) is 18.7. The molecule has 8 heteroatoms. The van der Waals surface area contributed by atoms with Crippen LogP contribution in [0.3, 0.4) is 0 Å². The summed E-state index contributed by atoms with van der Waals surface area (Å²) >= 11 is 6.05. The van der Waals surface area contributed by atoms with Crippen molar-refractivity contribution in [2.75, 3.05) is 54.9 Å². The normalized spacial score (nSPS) is 14.3. The molecule has 0 saturated carbocycles. The second-order valence-corrected chi connectivity index (χ2v) is 7.10. The molecule has 0 bridgehead atoms. The van der Waals surface area contributed by atoms with E-state index < -0.39 is 0 Å². The largest absolute Gasteiger partial charge is 0.383 e. The molecule has 1 saturated heterocycles. The Bertz CT molecular complexity index is 961. The lowest BCUT2D eigenvalue weighted by Gasteiger charge is -2.27. The Kier molecular flexibility index (Phi) is 5.73. The van der Waals surface area contributed by atoms with Gasteiger partial charge in [-0.25, -0.2) is 4.98 Å². The number of anilines is 3. The molecule has 146 valence electrons. The molecule has 3 heterocycles. The van der Waals surface area contributed by atoms with Gasteiger partial charge in [0.2, 0.25) is 5.95 Å². The van der Waals surface area contributed by atoms with Gasteiger partial charge in [0.1, 0.15) is 5.82 Å². The minimum absolute atomic E-state index is 0.689. The summed E-state index contributed by atoms with van der Waals surface area (Å²) in [5, 5.41) is 8.58. The third-order valence-electron chi connectivity index (χ3n) is 4.59. The summed E-state index contributed by atoms with van der Waals surface area (Å²) in [4.78, 5) is 15.8. The molecule has 2 N–H and O–H groups in total. The average molecular weight is 399 g/mol. The fourth-order valence-electron chi connectivity index (χ4n) is 3.21. The van der Waals surface area contributed by atoms with Crippen molar-refractivity contribution >= 4 is 40.0 Å². The van der Waals surface area contributed by atoms with Crippen molar-refractivity contribution in [3.63, 3.8) is 0 Å². The lowest BCUT2D eigenvalue weighted by atomic mass is 10.2. The molecule has 0 radical (unpaired) electrons. The molecule has 1 aliphatic rings. The van der Waals surface area contributed by atoms with Gasteiger partial charge in [-0.2, -0.15) is 4.98 Å². The van der Waals surface area contributed by atoms with Gasteiger partial charge in [-0.15, -0.1) is 0 Å². The number of aryl methyl sites for hydroxylation is 1. The number of aromatic nitrogens is 3. The molecule has 2 aromatic heterocycles. The van der Waals surface area contributed by atoms with Crippen molar-refractivity contribution in [1.82, 2.24) is 15.0 Å². The Labute approximate surface area is 169 Å². The van der Waals surface area contributed by atoms with Crippen molar-refractivity contribution in [2.45, 2.75) is 6.92 Å². The molecule has 3 aromatic rings. The van der Waals surface area contributed by atoms with E-state index in [-0.39, 0.29) is 0 Å². The molecule has 0 amide bonds. The van der Waals surface area contributed by atoms with E-state index >= 15 is 0 Å². The van der Waals surface area contributed by atoms with Gasteiger partial charge in [-0.1, -0.05) is 11.6 Å². The Hall–Kier alpha value is -2.64. The maximum Gasteiger partial charge on any atom is 0.227 e. The van der Waals surface area contributed by atoms with Crippen LogP contribution in [0.2, 0.25) is 5.02 Å². The second-order valence-electron chi connectivity index (χ2n) is 6.67. The number of fused-ring (bicyclic) bond motifs is 1. The van der Waals surface area contributed by atoms with Crippen LogP contribution in [0.15, 0.2) is 36.5 Å². The predicted molar refractivity (Wildman–Crippen MR) is 114 cm³/mol. The van der Waals surface area contributed by atoms with E-state index in [0.29, 0.717) is 5.02 Å². The predicted octanol–water partition coefficient (Wildman–Crippen LogP) is 3.35. The summed E-state index contributed by atoms with van der Waals surface area (Å²) in [7, 11) is 0. The smallest absolute Gasteiger partial charge is 0.227 e. The summed E-state index contributed by atoms with van der Waals surface area (Å²) in [5.41, 5.74) is 2.87. The Balaban J connectivity index is 1.37. The van der Waals surface area contributed by atoms with Crippen LogP contribution in [0, 0.1) is 6.92 Å². The van der Waals surface area contributed by atoms with Crippen molar-refractivity contribution in [3.05, 3.63) is 47.2 Å². The quantitative estimate of drug-likeness (QED) is 0.616. The van der Waals surface area contributed by atoms with E-state index in [4.69, 9.17) is 16.3 Å². The molecule has 0 aliphatic carbocycles. The molecule has 1 fully saturated rings. The topological polar surface area (TPSA) is 75.2 Å². The van der Waals surface area contributed by atoms with Gasteiger partial charge in [-0.05, 0) is 31.2 Å². The summed E-state index contributed by atoms with van der Waals surface area (Å²) in [6.07, 6.45) is 1.79. The zero-order chi connectivity index (χ0) is 19.3. The minimum atomic E-state index is 0.689. The number of rotatable bonds is 6. The fraction of sp³-hybridized carbons (Fsp3) is 0.350. The Morgan fingerprint density at radius 2 is 1.89 bits per heavy atom. The third kappa shape index (κ3) is 4.43. The highest BCUT2D eigenvalue weighted by atomic mass is 35.5. The summed E-state index contributed by atoms with van der Waals surface area (Å²) in [6, 6.07) is 9.68. The first-order valence-corrected chi connectivity index (χ1v) is 9.77. The number of morpholine rings is 1. The van der Waals surface area contributed by atoms with Crippen LogP contribution in [0.25, 0.3) is 10.9 Å². The Morgan fingerprint density at radius 1 is 1.07 bits per heavy atom. The van der Waals surface area contributed by atoms with Crippen LogP contribution in [0.5, 0.6) is 0 Å². The van der Waals surface area contributed by atoms with E-state index in [1.807, 2.05) is 37.3 Å². The number of nitrogens with zero attached hydrogens (tertiary/aromatic N) is 4. The van der Waals surface area contributed by atoms with Crippen molar-refractivity contribution in [2.24, 2.45) is 0 Å². The number of ether oxygens (including phenoxy) is 1. The zero-order valence-corrected chi connectivity index (χ0v) is 16.5. The van der Waals surface area contributed by atoms with Crippen LogP contribution in [-0.4, -0.2) is 54.3 Å². The van der Waals surface area contributed by atoms with Gasteiger partial charge in [0.25, 0.3) is 0 Å². The van der Waals surface area contributed by atoms with Gasteiger partial charge in [0.15, 0.2) is 0 Å². The van der Waals surface area contributed by atoms with E-state index in [0.717, 1.165) is 73.4 Å². The fourth-order valence-corrected chi connectivity index (χ4v) is 3.38. The molecule has 4 rings (SSSR count). The van der Waals surface area contributed by atoms with Gasteiger partial charge >= 0.3 is 0 Å². The highest BCUT2D eigenvalue weighted by Gasteiger charge is 2.14. The van der Waals surface area contributed by atoms with Crippen LogP contribution in [0.1, 0.15) is 5.69 Å². The van der Waals surface area contributed by atoms with E-state index in [2.05, 4.69) is 30.5 Å². The molecule has 1 aliphatic heterocycles. The number of hydrogen-bond donors (Lipinski definition) is 2. The highest BCUT2D eigenvalue weighted by Crippen LogP contribution is 2.24. The van der Waals surface area contributed by atoms with Gasteiger partial charge < -0.3 is 20.3 Å². The van der Waals surface area contributed by atoms with Crippen LogP contribution in [-0.2, 0) is 4.74 Å². The second kappa shape index (κ2) is 8.58. The third-order valence-corrected chi connectivity index (χ3v) is 4.82. The van der Waals surface area contributed by atoms with Crippen LogP contribution < -0.4 is 15.5 Å². The summed E-state index contributed by atoms with van der Waals surface area (Å²) in [6.45, 7) is 6.55. The molecule has 0 spiro atoms. The minimum Gasteiger partial charge on any atom is -0.383 e. The zero-order valence-electron chi connectivity index (χ0n) is 15.8. The number of hydrogen-bond acceptors (Lipinski definition) is 7. The molecule has 7 nitrogen and oxygen atoms in total. The number of halogens is 1. The molecule has 1 aromatic carbocycles. The maximum absolute atomic E-state index is 6.05. The highest BCUT2D eigenvalue weighted by molar-refractivity contribution is 6.31. The van der Waals surface area contributed by atoms with Crippen LogP contribution in [0.4, 0.5) is 17.5 Å². The monoisotopic (exact) mass is 398 g/mol. The molecule has 0 atom stereocenters. The lowest BCUT2D eigenvalue weighted by Crippen LogP contribution is -2.37. The first-order chi connectivity index (χ1) is 13.7. The summed E-state index contributed by atoms with van der Waals surface area (Å²) in [5.74, 6) is 1.60. The Morgan fingerprint density at radius 3 is 2.75 bits per heavy atom. The summed E-state index contributed by atoms with van der Waals surface area (Å²) < 4.78 is 5.41. The van der Waals surface area contributed by atoms with E-state index in [1.165, 1.54) is 0 Å². The average Bonchev–Trinajstić information content (AvgIpc) is 2.71. The van der Waals surface area contributed by atoms with E-state index in [9.17, 15) is 0 Å². The number of nitrogens with one attached hydrogen (secondary N) is 2. The number of benzene rings is 1. The molecular formula is C20H23ClN6O. The maximum atomic E-state index is 6.05.